The number of guanidine groups is 1. The molecule has 0 spiro atoms. The van der Waals surface area contributed by atoms with Crippen molar-refractivity contribution in [3.63, 3.8) is 0 Å². The maximum absolute atomic E-state index is 11.6. The van der Waals surface area contributed by atoms with E-state index < -0.39 is 10.0 Å². The van der Waals surface area contributed by atoms with Crippen LogP contribution in [-0.2, 0) is 10.0 Å². The first kappa shape index (κ1) is 24.4. The molecule has 1 atom stereocenters. The van der Waals surface area contributed by atoms with Gasteiger partial charge in [-0.25, -0.2) is 12.7 Å². The van der Waals surface area contributed by atoms with Crippen molar-refractivity contribution < 1.29 is 8.42 Å². The van der Waals surface area contributed by atoms with Gasteiger partial charge in [0, 0.05) is 33.2 Å². The first-order valence-corrected chi connectivity index (χ1v) is 11.9. The summed E-state index contributed by atoms with van der Waals surface area (Å²) in [5.41, 5.74) is 1.28. The molecule has 1 unspecified atom stereocenters. The first-order chi connectivity index (χ1) is 13.4. The van der Waals surface area contributed by atoms with Crippen molar-refractivity contribution in [3.8, 4) is 0 Å². The van der Waals surface area contributed by atoms with E-state index in [9.17, 15) is 8.42 Å². The standard InChI is InChI=1S/C20H37N5O2S/c1-6-24(7-2)19(18-13-10-9-11-14-18)17-23-20(21-4)22-15-12-16-25(8-3)28(5,26)27/h9-11,13-14,19H,6-8,12,15-17H2,1-5H3,(H2,21,22,23). The highest BCUT2D eigenvalue weighted by atomic mass is 32.2. The zero-order valence-electron chi connectivity index (χ0n) is 18.0. The van der Waals surface area contributed by atoms with Crippen molar-refractivity contribution in [1.29, 1.82) is 0 Å². The average Bonchev–Trinajstić information content (AvgIpc) is 2.69. The zero-order valence-corrected chi connectivity index (χ0v) is 18.8. The van der Waals surface area contributed by atoms with E-state index in [4.69, 9.17) is 0 Å². The molecule has 7 nitrogen and oxygen atoms in total. The fraction of sp³-hybridized carbons (Fsp3) is 0.650. The van der Waals surface area contributed by atoms with Crippen LogP contribution in [0.2, 0.25) is 0 Å². The predicted molar refractivity (Wildman–Crippen MR) is 118 cm³/mol. The summed E-state index contributed by atoms with van der Waals surface area (Å²) in [4.78, 5) is 6.71. The number of hydrogen-bond acceptors (Lipinski definition) is 4. The van der Waals surface area contributed by atoms with Gasteiger partial charge in [0.05, 0.1) is 12.3 Å². The molecule has 0 saturated carbocycles. The van der Waals surface area contributed by atoms with Crippen LogP contribution in [0.4, 0.5) is 0 Å². The Balaban J connectivity index is 2.58. The van der Waals surface area contributed by atoms with Crippen LogP contribution in [0.25, 0.3) is 0 Å². The Morgan fingerprint density at radius 3 is 2.21 bits per heavy atom. The summed E-state index contributed by atoms with van der Waals surface area (Å²) in [5.74, 6) is 0.732. The summed E-state index contributed by atoms with van der Waals surface area (Å²) in [6.07, 6.45) is 1.97. The normalized spacial score (nSPS) is 13.8. The van der Waals surface area contributed by atoms with E-state index in [2.05, 4.69) is 58.6 Å². The fourth-order valence-electron chi connectivity index (χ4n) is 3.23. The molecule has 2 N–H and O–H groups in total. The van der Waals surface area contributed by atoms with Crippen LogP contribution in [0.15, 0.2) is 35.3 Å². The minimum absolute atomic E-state index is 0.260. The Morgan fingerprint density at radius 1 is 1.07 bits per heavy atom. The van der Waals surface area contributed by atoms with E-state index in [-0.39, 0.29) is 6.04 Å². The van der Waals surface area contributed by atoms with Gasteiger partial charge in [-0.15, -0.1) is 0 Å². The van der Waals surface area contributed by atoms with Gasteiger partial charge in [-0.05, 0) is 25.1 Å². The molecule has 28 heavy (non-hydrogen) atoms. The topological polar surface area (TPSA) is 77.0 Å². The van der Waals surface area contributed by atoms with Crippen LogP contribution in [-0.4, -0.2) is 76.2 Å². The van der Waals surface area contributed by atoms with Crippen LogP contribution in [0.1, 0.15) is 38.8 Å². The lowest BCUT2D eigenvalue weighted by atomic mass is 10.1. The summed E-state index contributed by atoms with van der Waals surface area (Å²) in [6.45, 7) is 10.6. The van der Waals surface area contributed by atoms with Crippen molar-refractivity contribution in [2.75, 3.05) is 52.6 Å². The van der Waals surface area contributed by atoms with Gasteiger partial charge in [0.15, 0.2) is 5.96 Å². The van der Waals surface area contributed by atoms with Gasteiger partial charge in [-0.2, -0.15) is 0 Å². The fourth-order valence-corrected chi connectivity index (χ4v) is 4.16. The summed E-state index contributed by atoms with van der Waals surface area (Å²) in [6, 6.07) is 10.7. The third-order valence-corrected chi connectivity index (χ3v) is 6.20. The second kappa shape index (κ2) is 12.7. The van der Waals surface area contributed by atoms with E-state index in [1.165, 1.54) is 16.1 Å². The Hall–Kier alpha value is -1.64. The molecule has 0 heterocycles. The lowest BCUT2D eigenvalue weighted by Gasteiger charge is -2.30. The van der Waals surface area contributed by atoms with Crippen molar-refractivity contribution in [1.82, 2.24) is 19.8 Å². The highest BCUT2D eigenvalue weighted by molar-refractivity contribution is 7.88. The molecule has 1 rings (SSSR count). The number of benzene rings is 1. The van der Waals surface area contributed by atoms with Crippen molar-refractivity contribution in [2.45, 2.75) is 33.2 Å². The second-order valence-electron chi connectivity index (χ2n) is 6.64. The SMILES string of the molecule is CCN(CC)C(CNC(=NC)NCCCN(CC)S(C)(=O)=O)c1ccccc1. The lowest BCUT2D eigenvalue weighted by molar-refractivity contribution is 0.219. The van der Waals surface area contributed by atoms with Crippen LogP contribution in [0.5, 0.6) is 0 Å². The molecular weight excluding hydrogens is 374 g/mol. The molecule has 0 aliphatic heterocycles. The smallest absolute Gasteiger partial charge is 0.211 e. The molecule has 0 saturated heterocycles. The van der Waals surface area contributed by atoms with Gasteiger partial charge in [0.1, 0.15) is 0 Å². The van der Waals surface area contributed by atoms with Crippen LogP contribution in [0, 0.1) is 0 Å². The number of nitrogens with zero attached hydrogens (tertiary/aromatic N) is 3. The largest absolute Gasteiger partial charge is 0.356 e. The molecule has 0 aromatic heterocycles. The maximum atomic E-state index is 11.6. The Labute approximate surface area is 171 Å². The summed E-state index contributed by atoms with van der Waals surface area (Å²) < 4.78 is 24.8. The van der Waals surface area contributed by atoms with Crippen molar-refractivity contribution in [2.24, 2.45) is 4.99 Å². The van der Waals surface area contributed by atoms with Gasteiger partial charge >= 0.3 is 0 Å². The molecular formula is C20H37N5O2S. The Kier molecular flexibility index (Phi) is 11.1. The minimum Gasteiger partial charge on any atom is -0.356 e. The van der Waals surface area contributed by atoms with Gasteiger partial charge in [0.2, 0.25) is 10.0 Å². The quantitative estimate of drug-likeness (QED) is 0.312. The number of likely N-dealkylation sites (N-methyl/N-ethyl adjacent to an activating group) is 1. The molecule has 0 aliphatic carbocycles. The van der Waals surface area contributed by atoms with Crippen molar-refractivity contribution in [3.05, 3.63) is 35.9 Å². The summed E-state index contributed by atoms with van der Waals surface area (Å²) in [5, 5.41) is 6.70. The molecule has 0 amide bonds. The molecule has 0 aliphatic rings. The number of aliphatic imine (C=N–C) groups is 1. The number of rotatable bonds is 12. The maximum Gasteiger partial charge on any atom is 0.211 e. The number of hydrogen-bond donors (Lipinski definition) is 2. The molecule has 1 aromatic carbocycles. The molecule has 0 bridgehead atoms. The minimum atomic E-state index is -3.13. The highest BCUT2D eigenvalue weighted by Crippen LogP contribution is 2.19. The Morgan fingerprint density at radius 2 is 1.71 bits per heavy atom. The molecule has 1 aromatic rings. The summed E-state index contributed by atoms with van der Waals surface area (Å²) in [7, 11) is -1.39. The van der Waals surface area contributed by atoms with Gasteiger partial charge in [0.25, 0.3) is 0 Å². The Bertz CT molecular complexity index is 675. The van der Waals surface area contributed by atoms with Gasteiger partial charge in [-0.3, -0.25) is 9.89 Å². The molecule has 8 heteroatoms. The highest BCUT2D eigenvalue weighted by Gasteiger charge is 2.18. The van der Waals surface area contributed by atoms with Gasteiger partial charge < -0.3 is 10.6 Å². The lowest BCUT2D eigenvalue weighted by Crippen LogP contribution is -2.44. The average molecular weight is 412 g/mol. The van der Waals surface area contributed by atoms with Crippen LogP contribution in [0.3, 0.4) is 0 Å². The van der Waals surface area contributed by atoms with E-state index in [1.54, 1.807) is 7.05 Å². The van der Waals surface area contributed by atoms with Gasteiger partial charge in [-0.1, -0.05) is 51.1 Å². The van der Waals surface area contributed by atoms with Crippen molar-refractivity contribution >= 4 is 16.0 Å². The van der Waals surface area contributed by atoms with E-state index in [0.29, 0.717) is 19.6 Å². The van der Waals surface area contributed by atoms with E-state index in [0.717, 1.165) is 32.0 Å². The third-order valence-electron chi connectivity index (χ3n) is 4.82. The number of sulfonamides is 1. The number of nitrogens with one attached hydrogen (secondary N) is 2. The van der Waals surface area contributed by atoms with E-state index in [1.807, 2.05) is 13.0 Å². The van der Waals surface area contributed by atoms with E-state index >= 15 is 0 Å². The van der Waals surface area contributed by atoms with Crippen LogP contribution < -0.4 is 10.6 Å². The second-order valence-corrected chi connectivity index (χ2v) is 8.62. The summed E-state index contributed by atoms with van der Waals surface area (Å²) >= 11 is 0. The monoisotopic (exact) mass is 411 g/mol. The third kappa shape index (κ3) is 8.16. The van der Waals surface area contributed by atoms with Crippen LogP contribution >= 0.6 is 0 Å². The first-order valence-electron chi connectivity index (χ1n) is 10.1. The zero-order chi connectivity index (χ0) is 21.0. The molecule has 0 radical (unpaired) electrons. The molecule has 0 fully saturated rings. The molecule has 160 valence electrons. The predicted octanol–water partition coefficient (Wildman–Crippen LogP) is 1.91.